The summed E-state index contributed by atoms with van der Waals surface area (Å²) in [4.78, 5) is 3.76. The van der Waals surface area contributed by atoms with E-state index in [0.29, 0.717) is 22.5 Å². The van der Waals surface area contributed by atoms with Crippen LogP contribution in [0.1, 0.15) is 35.6 Å². The molecule has 0 aliphatic carbocycles. The quantitative estimate of drug-likeness (QED) is 0.490. The van der Waals surface area contributed by atoms with Gasteiger partial charge in [-0.05, 0) is 78.0 Å². The topological polar surface area (TPSA) is 73.9 Å². The van der Waals surface area contributed by atoms with Gasteiger partial charge >= 0.3 is 6.43 Å². The molecule has 0 amide bonds. The van der Waals surface area contributed by atoms with E-state index < -0.39 is 12.3 Å². The van der Waals surface area contributed by atoms with E-state index in [0.717, 1.165) is 29.7 Å². The SMILES string of the molecule is Cc1cc(OCCCc2ccc(Br)nn2)cc(C)c1-c1noc(C(F)F)n1. The Morgan fingerprint density at radius 1 is 1.15 bits per heavy atom. The van der Waals surface area contributed by atoms with Gasteiger partial charge in [-0.1, -0.05) is 5.16 Å². The van der Waals surface area contributed by atoms with Gasteiger partial charge in [0, 0.05) is 5.56 Å². The van der Waals surface area contributed by atoms with Crippen molar-refractivity contribution in [2.45, 2.75) is 33.1 Å². The number of ether oxygens (including phenoxy) is 1. The Hall–Kier alpha value is -2.42. The fraction of sp³-hybridized carbons (Fsp3) is 0.333. The Bertz CT molecular complexity index is 893. The molecular formula is C18H17BrF2N4O2. The molecule has 0 aliphatic rings. The minimum atomic E-state index is -2.79. The Kier molecular flexibility index (Phi) is 6.10. The highest BCUT2D eigenvalue weighted by molar-refractivity contribution is 9.10. The molecule has 0 bridgehead atoms. The molecular weight excluding hydrogens is 422 g/mol. The fourth-order valence-corrected chi connectivity index (χ4v) is 2.92. The van der Waals surface area contributed by atoms with Crippen molar-refractivity contribution < 1.29 is 18.0 Å². The predicted octanol–water partition coefficient (Wildman–Crippen LogP) is 4.86. The molecule has 3 rings (SSSR count). The van der Waals surface area contributed by atoms with Gasteiger partial charge in [0.05, 0.1) is 12.3 Å². The second-order valence-electron chi connectivity index (χ2n) is 5.99. The summed E-state index contributed by atoms with van der Waals surface area (Å²) in [6.45, 7) is 4.23. The molecule has 142 valence electrons. The predicted molar refractivity (Wildman–Crippen MR) is 97.7 cm³/mol. The van der Waals surface area contributed by atoms with Crippen LogP contribution in [0.3, 0.4) is 0 Å². The number of benzene rings is 1. The number of nitrogens with zero attached hydrogens (tertiary/aromatic N) is 4. The van der Waals surface area contributed by atoms with Crippen LogP contribution in [0.5, 0.6) is 5.75 Å². The molecule has 2 heterocycles. The highest BCUT2D eigenvalue weighted by Crippen LogP contribution is 2.30. The lowest BCUT2D eigenvalue weighted by molar-refractivity contribution is 0.106. The summed E-state index contributed by atoms with van der Waals surface area (Å²) in [7, 11) is 0. The first-order chi connectivity index (χ1) is 12.9. The maximum Gasteiger partial charge on any atom is 0.315 e. The summed E-state index contributed by atoms with van der Waals surface area (Å²) < 4.78 is 36.4. The highest BCUT2D eigenvalue weighted by atomic mass is 79.9. The third kappa shape index (κ3) is 4.85. The van der Waals surface area contributed by atoms with Crippen LogP contribution in [0, 0.1) is 13.8 Å². The summed E-state index contributed by atoms with van der Waals surface area (Å²) in [5, 5.41) is 11.7. The molecule has 3 aromatic rings. The van der Waals surface area contributed by atoms with Crippen LogP contribution in [0.15, 0.2) is 33.4 Å². The average Bonchev–Trinajstić information content (AvgIpc) is 3.10. The monoisotopic (exact) mass is 438 g/mol. The second-order valence-corrected chi connectivity index (χ2v) is 6.80. The zero-order valence-corrected chi connectivity index (χ0v) is 16.3. The number of rotatable bonds is 7. The molecule has 27 heavy (non-hydrogen) atoms. The van der Waals surface area contributed by atoms with Gasteiger partial charge in [0.2, 0.25) is 5.82 Å². The number of hydrogen-bond acceptors (Lipinski definition) is 6. The Morgan fingerprint density at radius 2 is 1.89 bits per heavy atom. The van der Waals surface area contributed by atoms with Gasteiger partial charge in [-0.3, -0.25) is 0 Å². The normalized spacial score (nSPS) is 11.2. The molecule has 0 unspecified atom stereocenters. The van der Waals surface area contributed by atoms with Gasteiger partial charge < -0.3 is 9.26 Å². The van der Waals surface area contributed by atoms with Crippen molar-refractivity contribution in [3.63, 3.8) is 0 Å². The first-order valence-corrected chi connectivity index (χ1v) is 9.07. The summed E-state index contributed by atoms with van der Waals surface area (Å²) in [6.07, 6.45) is -1.24. The van der Waals surface area contributed by atoms with Gasteiger partial charge in [0.15, 0.2) is 0 Å². The van der Waals surface area contributed by atoms with Crippen LogP contribution in [-0.2, 0) is 6.42 Å². The maximum absolute atomic E-state index is 12.6. The van der Waals surface area contributed by atoms with Crippen LogP contribution in [0.4, 0.5) is 8.78 Å². The number of halogens is 3. The molecule has 6 nitrogen and oxygen atoms in total. The van der Waals surface area contributed by atoms with Crippen molar-refractivity contribution >= 4 is 15.9 Å². The first-order valence-electron chi connectivity index (χ1n) is 8.28. The Labute approximate surface area is 163 Å². The lowest BCUT2D eigenvalue weighted by Crippen LogP contribution is -2.02. The largest absolute Gasteiger partial charge is 0.494 e. The van der Waals surface area contributed by atoms with E-state index in [1.165, 1.54) is 0 Å². The molecule has 2 aromatic heterocycles. The molecule has 0 spiro atoms. The minimum absolute atomic E-state index is 0.153. The van der Waals surface area contributed by atoms with Gasteiger partial charge in [0.25, 0.3) is 5.89 Å². The van der Waals surface area contributed by atoms with E-state index in [-0.39, 0.29) is 5.82 Å². The summed E-state index contributed by atoms with van der Waals surface area (Å²) >= 11 is 3.25. The summed E-state index contributed by atoms with van der Waals surface area (Å²) in [5.41, 5.74) is 3.22. The fourth-order valence-electron chi connectivity index (χ4n) is 2.71. The molecule has 0 saturated heterocycles. The number of aryl methyl sites for hydroxylation is 3. The summed E-state index contributed by atoms with van der Waals surface area (Å²) in [5.74, 6) is 0.175. The van der Waals surface area contributed by atoms with Crippen LogP contribution >= 0.6 is 15.9 Å². The lowest BCUT2D eigenvalue weighted by Gasteiger charge is -2.11. The second kappa shape index (κ2) is 8.51. The van der Waals surface area contributed by atoms with Crippen molar-refractivity contribution in [2.24, 2.45) is 0 Å². The van der Waals surface area contributed by atoms with E-state index in [1.54, 1.807) is 0 Å². The molecule has 1 aromatic carbocycles. The number of hydrogen-bond donors (Lipinski definition) is 0. The lowest BCUT2D eigenvalue weighted by atomic mass is 10.0. The van der Waals surface area contributed by atoms with Gasteiger partial charge in [0.1, 0.15) is 10.4 Å². The number of aromatic nitrogens is 4. The van der Waals surface area contributed by atoms with Gasteiger partial charge in [-0.25, -0.2) is 0 Å². The van der Waals surface area contributed by atoms with Gasteiger partial charge in [-0.2, -0.15) is 18.9 Å². The van der Waals surface area contributed by atoms with Crippen LogP contribution in [0.2, 0.25) is 0 Å². The Balaban J connectivity index is 1.62. The zero-order valence-electron chi connectivity index (χ0n) is 14.7. The van der Waals surface area contributed by atoms with Crippen LogP contribution < -0.4 is 4.74 Å². The van der Waals surface area contributed by atoms with E-state index >= 15 is 0 Å². The van der Waals surface area contributed by atoms with Crippen molar-refractivity contribution in [2.75, 3.05) is 6.61 Å². The van der Waals surface area contributed by atoms with E-state index in [1.807, 2.05) is 38.1 Å². The average molecular weight is 439 g/mol. The van der Waals surface area contributed by atoms with Crippen molar-refractivity contribution in [3.05, 3.63) is 51.6 Å². The highest BCUT2D eigenvalue weighted by Gasteiger charge is 2.19. The smallest absolute Gasteiger partial charge is 0.315 e. The van der Waals surface area contributed by atoms with Gasteiger partial charge in [-0.15, -0.1) is 5.10 Å². The molecule has 0 N–H and O–H groups in total. The third-order valence-electron chi connectivity index (χ3n) is 3.89. The number of alkyl halides is 2. The first kappa shape index (κ1) is 19.3. The van der Waals surface area contributed by atoms with Crippen LogP contribution in [-0.4, -0.2) is 26.9 Å². The molecule has 0 aliphatic heterocycles. The molecule has 0 atom stereocenters. The molecule has 0 saturated carbocycles. The van der Waals surface area contributed by atoms with E-state index in [2.05, 4.69) is 40.8 Å². The van der Waals surface area contributed by atoms with Crippen molar-refractivity contribution in [1.29, 1.82) is 0 Å². The van der Waals surface area contributed by atoms with Crippen molar-refractivity contribution in [3.8, 4) is 17.1 Å². The Morgan fingerprint density at radius 3 is 2.48 bits per heavy atom. The maximum atomic E-state index is 12.6. The minimum Gasteiger partial charge on any atom is -0.494 e. The molecule has 9 heteroatoms. The van der Waals surface area contributed by atoms with Crippen molar-refractivity contribution in [1.82, 2.24) is 20.3 Å². The van der Waals surface area contributed by atoms with E-state index in [9.17, 15) is 8.78 Å². The zero-order chi connectivity index (χ0) is 19.4. The van der Waals surface area contributed by atoms with E-state index in [4.69, 9.17) is 4.74 Å². The summed E-state index contributed by atoms with van der Waals surface area (Å²) in [6, 6.07) is 7.44. The van der Waals surface area contributed by atoms with Crippen LogP contribution in [0.25, 0.3) is 11.4 Å². The standard InChI is InChI=1S/C18H17BrF2N4O2/c1-10-8-13(26-7-3-4-12-5-6-14(19)24-23-12)9-11(2)15(10)17-22-18(16(20)21)27-25-17/h5-6,8-9,16H,3-4,7H2,1-2H3. The molecule has 0 radical (unpaired) electrons. The molecule has 0 fully saturated rings. The third-order valence-corrected chi connectivity index (χ3v) is 4.31.